The van der Waals surface area contributed by atoms with Gasteiger partial charge >= 0.3 is 0 Å². The number of hydrogen-bond acceptors (Lipinski definition) is 5. The average molecular weight is 345 g/mol. The van der Waals surface area contributed by atoms with Gasteiger partial charge < -0.3 is 15.5 Å². The number of amides is 1. The summed E-state index contributed by atoms with van der Waals surface area (Å²) in [7, 11) is 3.98. The fraction of sp³-hybridized carbons (Fsp3) is 0.389. The molecule has 0 spiro atoms. The topological polar surface area (TPSA) is 70.2 Å². The summed E-state index contributed by atoms with van der Waals surface area (Å²) >= 11 is 0. The van der Waals surface area contributed by atoms with Crippen molar-refractivity contribution >= 4 is 11.7 Å². The summed E-state index contributed by atoms with van der Waals surface area (Å²) in [5.41, 5.74) is 0.932. The maximum atomic E-state index is 13.5. The van der Waals surface area contributed by atoms with Crippen LogP contribution >= 0.6 is 0 Å². The average Bonchev–Trinajstić information content (AvgIpc) is 2.60. The molecule has 0 bridgehead atoms. The highest BCUT2D eigenvalue weighted by Crippen LogP contribution is 2.08. The van der Waals surface area contributed by atoms with Gasteiger partial charge in [0.1, 0.15) is 17.3 Å². The standard InChI is InChI=1S/C18H24FN5O/c1-24(2)11-5-9-21-18(25)16-12-23-17(13-22-16)20-10-8-14-6-3-4-7-15(14)19/h3-4,6-7,12-13H,5,8-11H2,1-2H3,(H,20,23)(H,21,25). The summed E-state index contributed by atoms with van der Waals surface area (Å²) in [5.74, 6) is 0.112. The van der Waals surface area contributed by atoms with Crippen LogP contribution in [-0.2, 0) is 6.42 Å². The van der Waals surface area contributed by atoms with Gasteiger partial charge in [-0.05, 0) is 45.1 Å². The van der Waals surface area contributed by atoms with E-state index < -0.39 is 0 Å². The number of carbonyl (C=O) groups is 1. The van der Waals surface area contributed by atoms with Gasteiger partial charge in [-0.3, -0.25) is 4.79 Å². The quantitative estimate of drug-likeness (QED) is 0.680. The molecule has 0 saturated carbocycles. The minimum absolute atomic E-state index is 0.211. The van der Waals surface area contributed by atoms with E-state index in [1.807, 2.05) is 20.2 Å². The summed E-state index contributed by atoms with van der Waals surface area (Å²) in [5, 5.41) is 5.89. The number of nitrogens with zero attached hydrogens (tertiary/aromatic N) is 3. The molecular weight excluding hydrogens is 321 g/mol. The normalized spacial score (nSPS) is 10.7. The Morgan fingerprint density at radius 1 is 1.16 bits per heavy atom. The largest absolute Gasteiger partial charge is 0.368 e. The highest BCUT2D eigenvalue weighted by molar-refractivity contribution is 5.91. The third-order valence-corrected chi connectivity index (χ3v) is 3.61. The van der Waals surface area contributed by atoms with E-state index in [-0.39, 0.29) is 17.4 Å². The van der Waals surface area contributed by atoms with E-state index in [1.165, 1.54) is 18.5 Å². The highest BCUT2D eigenvalue weighted by atomic mass is 19.1. The zero-order chi connectivity index (χ0) is 18.1. The Morgan fingerprint density at radius 3 is 2.64 bits per heavy atom. The van der Waals surface area contributed by atoms with Gasteiger partial charge in [-0.25, -0.2) is 14.4 Å². The third-order valence-electron chi connectivity index (χ3n) is 3.61. The van der Waals surface area contributed by atoms with Crippen molar-refractivity contribution in [3.8, 4) is 0 Å². The fourth-order valence-corrected chi connectivity index (χ4v) is 2.25. The molecule has 1 aromatic carbocycles. The van der Waals surface area contributed by atoms with Gasteiger partial charge in [0.2, 0.25) is 0 Å². The first-order chi connectivity index (χ1) is 12.1. The fourth-order valence-electron chi connectivity index (χ4n) is 2.25. The number of anilines is 1. The van der Waals surface area contributed by atoms with Gasteiger partial charge in [0.05, 0.1) is 12.4 Å². The Balaban J connectivity index is 1.75. The highest BCUT2D eigenvalue weighted by Gasteiger charge is 2.07. The molecule has 7 heteroatoms. The van der Waals surface area contributed by atoms with Crippen molar-refractivity contribution in [3.05, 3.63) is 53.7 Å². The molecule has 2 rings (SSSR count). The molecule has 0 saturated heterocycles. The smallest absolute Gasteiger partial charge is 0.271 e. The summed E-state index contributed by atoms with van der Waals surface area (Å²) in [6, 6.07) is 6.68. The number of benzene rings is 1. The van der Waals surface area contributed by atoms with Crippen molar-refractivity contribution in [2.45, 2.75) is 12.8 Å². The number of halogens is 1. The minimum atomic E-state index is -0.232. The van der Waals surface area contributed by atoms with Crippen molar-refractivity contribution in [2.24, 2.45) is 0 Å². The van der Waals surface area contributed by atoms with Crippen molar-refractivity contribution in [3.63, 3.8) is 0 Å². The number of carbonyl (C=O) groups excluding carboxylic acids is 1. The molecule has 134 valence electrons. The number of rotatable bonds is 9. The number of hydrogen-bond donors (Lipinski definition) is 2. The molecule has 0 aliphatic heterocycles. The summed E-state index contributed by atoms with van der Waals surface area (Å²) in [4.78, 5) is 22.3. The van der Waals surface area contributed by atoms with Gasteiger partial charge in [0.25, 0.3) is 5.91 Å². The monoisotopic (exact) mass is 345 g/mol. The molecular formula is C18H24FN5O. The molecule has 1 heterocycles. The molecule has 1 aromatic heterocycles. The first-order valence-electron chi connectivity index (χ1n) is 8.28. The Morgan fingerprint density at radius 2 is 1.96 bits per heavy atom. The minimum Gasteiger partial charge on any atom is -0.368 e. The summed E-state index contributed by atoms with van der Waals surface area (Å²) in [6.45, 7) is 2.05. The van der Waals surface area contributed by atoms with Crippen LogP contribution in [0.4, 0.5) is 10.2 Å². The van der Waals surface area contributed by atoms with Gasteiger partial charge in [-0.1, -0.05) is 18.2 Å². The van der Waals surface area contributed by atoms with Crippen LogP contribution < -0.4 is 10.6 Å². The van der Waals surface area contributed by atoms with Crippen LogP contribution in [0.1, 0.15) is 22.5 Å². The molecule has 2 N–H and O–H groups in total. The lowest BCUT2D eigenvalue weighted by molar-refractivity contribution is 0.0947. The molecule has 0 radical (unpaired) electrons. The second kappa shape index (κ2) is 9.68. The van der Waals surface area contributed by atoms with Gasteiger partial charge in [0.15, 0.2) is 0 Å². The van der Waals surface area contributed by atoms with E-state index in [9.17, 15) is 9.18 Å². The van der Waals surface area contributed by atoms with Crippen LogP contribution in [0.3, 0.4) is 0 Å². The number of nitrogens with one attached hydrogen (secondary N) is 2. The predicted molar refractivity (Wildman–Crippen MR) is 96.1 cm³/mol. The van der Waals surface area contributed by atoms with Crippen molar-refractivity contribution in [1.82, 2.24) is 20.2 Å². The first kappa shape index (κ1) is 18.8. The second-order valence-electron chi connectivity index (χ2n) is 5.97. The van der Waals surface area contributed by atoms with Crippen LogP contribution in [0.25, 0.3) is 0 Å². The van der Waals surface area contributed by atoms with Crippen LogP contribution in [0.2, 0.25) is 0 Å². The van der Waals surface area contributed by atoms with E-state index in [4.69, 9.17) is 0 Å². The summed E-state index contributed by atoms with van der Waals surface area (Å²) < 4.78 is 13.5. The predicted octanol–water partition coefficient (Wildman–Crippen LogP) is 1.95. The zero-order valence-corrected chi connectivity index (χ0v) is 14.6. The van der Waals surface area contributed by atoms with E-state index in [2.05, 4.69) is 25.5 Å². The molecule has 0 aliphatic carbocycles. The van der Waals surface area contributed by atoms with Crippen molar-refractivity contribution in [1.29, 1.82) is 0 Å². The van der Waals surface area contributed by atoms with Gasteiger partial charge in [-0.15, -0.1) is 0 Å². The lowest BCUT2D eigenvalue weighted by Crippen LogP contribution is -2.28. The van der Waals surface area contributed by atoms with Crippen LogP contribution in [0, 0.1) is 5.82 Å². The van der Waals surface area contributed by atoms with Crippen LogP contribution in [0.5, 0.6) is 0 Å². The molecule has 0 fully saturated rings. The lowest BCUT2D eigenvalue weighted by atomic mass is 10.1. The first-order valence-corrected chi connectivity index (χ1v) is 8.28. The van der Waals surface area contributed by atoms with E-state index >= 15 is 0 Å². The maximum Gasteiger partial charge on any atom is 0.271 e. The van der Waals surface area contributed by atoms with Crippen LogP contribution in [0.15, 0.2) is 36.7 Å². The van der Waals surface area contributed by atoms with E-state index in [0.29, 0.717) is 30.9 Å². The van der Waals surface area contributed by atoms with Crippen molar-refractivity contribution < 1.29 is 9.18 Å². The Hall–Kier alpha value is -2.54. The third kappa shape index (κ3) is 6.46. The molecule has 6 nitrogen and oxygen atoms in total. The molecule has 1 amide bonds. The Labute approximate surface area is 147 Å². The maximum absolute atomic E-state index is 13.5. The lowest BCUT2D eigenvalue weighted by Gasteiger charge is -2.10. The molecule has 0 aliphatic rings. The molecule has 25 heavy (non-hydrogen) atoms. The van der Waals surface area contributed by atoms with E-state index in [1.54, 1.807) is 12.1 Å². The zero-order valence-electron chi connectivity index (χ0n) is 14.6. The molecule has 0 unspecified atom stereocenters. The number of aromatic nitrogens is 2. The molecule has 2 aromatic rings. The Bertz CT molecular complexity index is 675. The SMILES string of the molecule is CN(C)CCCNC(=O)c1cnc(NCCc2ccccc2F)cn1. The Kier molecular flexibility index (Phi) is 7.28. The van der Waals surface area contributed by atoms with Gasteiger partial charge in [-0.2, -0.15) is 0 Å². The van der Waals surface area contributed by atoms with Crippen LogP contribution in [-0.4, -0.2) is 54.5 Å². The van der Waals surface area contributed by atoms with E-state index in [0.717, 1.165) is 13.0 Å². The molecule has 0 atom stereocenters. The summed E-state index contributed by atoms with van der Waals surface area (Å²) in [6.07, 6.45) is 4.37. The second-order valence-corrected chi connectivity index (χ2v) is 5.97. The van der Waals surface area contributed by atoms with Crippen molar-refractivity contribution in [2.75, 3.05) is 39.0 Å². The van der Waals surface area contributed by atoms with Gasteiger partial charge in [0, 0.05) is 13.1 Å².